The zero-order valence-electron chi connectivity index (χ0n) is 18.6. The molecule has 0 radical (unpaired) electrons. The van der Waals surface area contributed by atoms with Gasteiger partial charge in [-0.05, 0) is 48.4 Å². The molecule has 1 amide bonds. The van der Waals surface area contributed by atoms with Crippen LogP contribution in [0.15, 0.2) is 48.5 Å². The number of carbonyl (C=O) groups excluding carboxylic acids is 1. The Morgan fingerprint density at radius 3 is 2.55 bits per heavy atom. The Labute approximate surface area is 204 Å². The third-order valence-electron chi connectivity index (χ3n) is 5.42. The van der Waals surface area contributed by atoms with Gasteiger partial charge in [-0.15, -0.1) is 23.2 Å². The number of rotatable bonds is 12. The van der Waals surface area contributed by atoms with Gasteiger partial charge in [0.15, 0.2) is 0 Å². The molecule has 0 unspecified atom stereocenters. The second kappa shape index (κ2) is 12.6. The largest absolute Gasteiger partial charge is 0.369 e. The maximum atomic E-state index is 11.0. The van der Waals surface area contributed by atoms with Crippen molar-refractivity contribution in [2.24, 2.45) is 7.05 Å². The van der Waals surface area contributed by atoms with Crippen LogP contribution in [0.4, 0.5) is 5.69 Å². The number of hydroxylamine groups is 1. The Morgan fingerprint density at radius 2 is 1.88 bits per heavy atom. The van der Waals surface area contributed by atoms with E-state index in [0.717, 1.165) is 54.2 Å². The lowest BCUT2D eigenvalue weighted by atomic mass is 10.1. The number of carbonyl (C=O) groups is 1. The molecule has 2 aromatic carbocycles. The average molecular weight is 490 g/mol. The predicted molar refractivity (Wildman–Crippen MR) is 135 cm³/mol. The van der Waals surface area contributed by atoms with Crippen LogP contribution in [-0.2, 0) is 24.8 Å². The van der Waals surface area contributed by atoms with Crippen molar-refractivity contribution in [1.82, 2.24) is 20.3 Å². The van der Waals surface area contributed by atoms with E-state index in [1.165, 1.54) is 11.6 Å². The van der Waals surface area contributed by atoms with Crippen molar-refractivity contribution in [2.75, 3.05) is 36.3 Å². The lowest BCUT2D eigenvalue weighted by Gasteiger charge is -2.22. The van der Waals surface area contributed by atoms with Crippen LogP contribution in [0.3, 0.4) is 0 Å². The Hall–Kier alpha value is -2.58. The van der Waals surface area contributed by atoms with Crippen molar-refractivity contribution >= 4 is 51.9 Å². The van der Waals surface area contributed by atoms with E-state index in [4.69, 9.17) is 33.4 Å². The quantitative estimate of drug-likeness (QED) is 0.119. The molecule has 33 heavy (non-hydrogen) atoms. The van der Waals surface area contributed by atoms with Gasteiger partial charge in [-0.3, -0.25) is 10.0 Å². The van der Waals surface area contributed by atoms with E-state index < -0.39 is 5.91 Å². The summed E-state index contributed by atoms with van der Waals surface area (Å²) in [6.45, 7) is 2.98. The number of anilines is 1. The highest BCUT2D eigenvalue weighted by Gasteiger charge is 2.11. The van der Waals surface area contributed by atoms with E-state index >= 15 is 0 Å². The molecule has 0 bridgehead atoms. The SMILES string of the molecule is Cn1c(CNCCc2ccc(C=CC(=O)NO)cc2)nc2cc(N(CCCl)CCCl)ccc21. The number of alkyl halides is 2. The maximum absolute atomic E-state index is 11.0. The minimum absolute atomic E-state index is 0.548. The number of imidazole rings is 1. The van der Waals surface area contributed by atoms with Crippen LogP contribution in [-0.4, -0.2) is 52.1 Å². The summed E-state index contributed by atoms with van der Waals surface area (Å²) in [5, 5.41) is 12.0. The Bertz CT molecular complexity index is 1080. The van der Waals surface area contributed by atoms with Gasteiger partial charge >= 0.3 is 0 Å². The molecule has 3 N–H and O–H groups in total. The van der Waals surface area contributed by atoms with Gasteiger partial charge < -0.3 is 14.8 Å². The first-order chi connectivity index (χ1) is 16.0. The van der Waals surface area contributed by atoms with Gasteiger partial charge in [0.2, 0.25) is 0 Å². The molecule has 1 heterocycles. The standard InChI is InChI=1S/C24H29Cl2N5O2/c1-30-22-8-7-20(31(14-11-25)15-12-26)16-21(22)28-23(30)17-27-13-10-19-4-2-18(3-5-19)6-9-24(32)29-33/h2-9,16,27,33H,10-15,17H2,1H3,(H,29,32). The first-order valence-electron chi connectivity index (χ1n) is 10.8. The van der Waals surface area contributed by atoms with Crippen LogP contribution in [0, 0.1) is 0 Å². The molecule has 3 aromatic rings. The van der Waals surface area contributed by atoms with Crippen LogP contribution in [0.2, 0.25) is 0 Å². The molecule has 0 saturated carbocycles. The van der Waals surface area contributed by atoms with E-state index in [1.807, 2.05) is 31.3 Å². The third-order valence-corrected chi connectivity index (χ3v) is 5.76. The van der Waals surface area contributed by atoms with Gasteiger partial charge in [-0.2, -0.15) is 0 Å². The number of hydrogen-bond donors (Lipinski definition) is 3. The van der Waals surface area contributed by atoms with Crippen molar-refractivity contribution in [3.8, 4) is 0 Å². The lowest BCUT2D eigenvalue weighted by molar-refractivity contribution is -0.124. The summed E-state index contributed by atoms with van der Waals surface area (Å²) >= 11 is 11.9. The van der Waals surface area contributed by atoms with Crippen LogP contribution >= 0.6 is 23.2 Å². The fourth-order valence-electron chi connectivity index (χ4n) is 3.60. The highest BCUT2D eigenvalue weighted by atomic mass is 35.5. The molecule has 9 heteroatoms. The van der Waals surface area contributed by atoms with Gasteiger partial charge in [0.25, 0.3) is 5.91 Å². The molecule has 3 rings (SSSR count). The molecule has 0 aliphatic carbocycles. The van der Waals surface area contributed by atoms with Gasteiger partial charge in [0.05, 0.1) is 17.6 Å². The third kappa shape index (κ3) is 6.95. The topological polar surface area (TPSA) is 82.4 Å². The highest BCUT2D eigenvalue weighted by Crippen LogP contribution is 2.23. The molecule has 0 saturated heterocycles. The minimum atomic E-state index is -0.552. The maximum Gasteiger partial charge on any atom is 0.267 e. The molecular formula is C24H29Cl2N5O2. The number of amides is 1. The molecule has 0 atom stereocenters. The van der Waals surface area contributed by atoms with E-state index in [0.29, 0.717) is 18.3 Å². The summed E-state index contributed by atoms with van der Waals surface area (Å²) in [7, 11) is 2.03. The second-order valence-corrected chi connectivity index (χ2v) is 8.36. The van der Waals surface area contributed by atoms with Gasteiger partial charge in [-0.25, -0.2) is 10.5 Å². The normalized spacial score (nSPS) is 11.4. The minimum Gasteiger partial charge on any atom is -0.369 e. The van der Waals surface area contributed by atoms with Crippen molar-refractivity contribution in [3.05, 3.63) is 65.5 Å². The molecular weight excluding hydrogens is 461 g/mol. The fraction of sp³-hybridized carbons (Fsp3) is 0.333. The van der Waals surface area contributed by atoms with E-state index in [1.54, 1.807) is 11.6 Å². The number of fused-ring (bicyclic) bond motifs is 1. The number of halogens is 2. The Kier molecular flexibility index (Phi) is 9.57. The predicted octanol–water partition coefficient (Wildman–Crippen LogP) is 3.71. The summed E-state index contributed by atoms with van der Waals surface area (Å²) in [5.41, 5.74) is 6.79. The smallest absolute Gasteiger partial charge is 0.267 e. The zero-order valence-corrected chi connectivity index (χ0v) is 20.1. The van der Waals surface area contributed by atoms with Crippen molar-refractivity contribution in [3.63, 3.8) is 0 Å². The fourth-order valence-corrected chi connectivity index (χ4v) is 4.01. The summed E-state index contributed by atoms with van der Waals surface area (Å²) in [6.07, 6.45) is 3.81. The van der Waals surface area contributed by atoms with Crippen LogP contribution < -0.4 is 15.7 Å². The van der Waals surface area contributed by atoms with Crippen molar-refractivity contribution < 1.29 is 10.0 Å². The van der Waals surface area contributed by atoms with E-state index in [9.17, 15) is 4.79 Å². The van der Waals surface area contributed by atoms with Crippen molar-refractivity contribution in [1.29, 1.82) is 0 Å². The van der Waals surface area contributed by atoms with E-state index in [-0.39, 0.29) is 0 Å². The van der Waals surface area contributed by atoms with E-state index in [2.05, 4.69) is 33.0 Å². The van der Waals surface area contributed by atoms with Gasteiger partial charge in [-0.1, -0.05) is 24.3 Å². The number of hydrogen-bond acceptors (Lipinski definition) is 5. The molecule has 0 aliphatic rings. The summed E-state index contributed by atoms with van der Waals surface area (Å²) in [6, 6.07) is 14.2. The van der Waals surface area contributed by atoms with Crippen LogP contribution in [0.5, 0.6) is 0 Å². The first kappa shape index (κ1) is 25.1. The second-order valence-electron chi connectivity index (χ2n) is 7.60. The zero-order chi connectivity index (χ0) is 23.6. The highest BCUT2D eigenvalue weighted by molar-refractivity contribution is 6.18. The van der Waals surface area contributed by atoms with Crippen LogP contribution in [0.25, 0.3) is 17.1 Å². The monoisotopic (exact) mass is 489 g/mol. The van der Waals surface area contributed by atoms with Crippen LogP contribution in [0.1, 0.15) is 17.0 Å². The van der Waals surface area contributed by atoms with Crippen molar-refractivity contribution in [2.45, 2.75) is 13.0 Å². The number of aryl methyl sites for hydroxylation is 1. The summed E-state index contributed by atoms with van der Waals surface area (Å²) in [4.78, 5) is 18.0. The number of aromatic nitrogens is 2. The Morgan fingerprint density at radius 1 is 1.15 bits per heavy atom. The molecule has 0 fully saturated rings. The van der Waals surface area contributed by atoms with Gasteiger partial charge in [0.1, 0.15) is 5.82 Å². The molecule has 176 valence electrons. The average Bonchev–Trinajstić information content (AvgIpc) is 3.15. The molecule has 0 spiro atoms. The number of benzene rings is 2. The number of nitrogens with zero attached hydrogens (tertiary/aromatic N) is 3. The summed E-state index contributed by atoms with van der Waals surface area (Å²) in [5.74, 6) is 1.52. The molecule has 7 nitrogen and oxygen atoms in total. The molecule has 1 aromatic heterocycles. The first-order valence-corrected chi connectivity index (χ1v) is 11.9. The number of nitrogens with one attached hydrogen (secondary N) is 2. The van der Waals surface area contributed by atoms with Gasteiger partial charge in [0, 0.05) is 43.7 Å². The summed E-state index contributed by atoms with van der Waals surface area (Å²) < 4.78 is 2.11. The lowest BCUT2D eigenvalue weighted by Crippen LogP contribution is -2.27. The Balaban J connectivity index is 1.56. The molecule has 0 aliphatic heterocycles.